The number of para-hydroxylation sites is 1. The zero-order chi connectivity index (χ0) is 11.7. The van der Waals surface area contributed by atoms with Crippen LogP contribution in [0.4, 0.5) is 0 Å². The van der Waals surface area contributed by atoms with E-state index in [0.29, 0.717) is 16.7 Å². The lowest BCUT2D eigenvalue weighted by molar-refractivity contribution is 0.619. The summed E-state index contributed by atoms with van der Waals surface area (Å²) in [5.74, 6) is 0.606. The maximum Gasteiger partial charge on any atom is 0.193 e. The van der Waals surface area contributed by atoms with E-state index < -0.39 is 0 Å². The highest BCUT2D eigenvalue weighted by molar-refractivity contribution is 8.93. The van der Waals surface area contributed by atoms with Gasteiger partial charge in [-0.3, -0.25) is 4.79 Å². The van der Waals surface area contributed by atoms with Crippen molar-refractivity contribution in [1.29, 1.82) is 0 Å². The van der Waals surface area contributed by atoms with E-state index in [1.807, 2.05) is 48.5 Å². The first-order valence-corrected chi connectivity index (χ1v) is 5.43. The molecule has 0 atom stereocenters. The van der Waals surface area contributed by atoms with Crippen LogP contribution in [0, 0.1) is 0 Å². The molecule has 3 aromatic rings. The molecule has 18 heavy (non-hydrogen) atoms. The number of hydrogen-bond donors (Lipinski definition) is 0. The number of hydrogen-bond acceptors (Lipinski definition) is 2. The van der Waals surface area contributed by atoms with Gasteiger partial charge in [-0.2, -0.15) is 0 Å². The third-order valence-corrected chi connectivity index (χ3v) is 2.69. The molecule has 0 saturated heterocycles. The van der Waals surface area contributed by atoms with Gasteiger partial charge in [0.15, 0.2) is 5.43 Å². The fourth-order valence-electron chi connectivity index (χ4n) is 1.85. The minimum absolute atomic E-state index is 0. The molecule has 0 spiro atoms. The Morgan fingerprint density at radius 3 is 2.28 bits per heavy atom. The predicted octanol–water partition coefficient (Wildman–Crippen LogP) is 4.04. The van der Waals surface area contributed by atoms with Crippen LogP contribution >= 0.6 is 17.0 Å². The smallest absolute Gasteiger partial charge is 0.193 e. The number of halogens is 1. The van der Waals surface area contributed by atoms with Crippen molar-refractivity contribution >= 4 is 28.0 Å². The molecule has 2 aromatic carbocycles. The largest absolute Gasteiger partial charge is 0.456 e. The van der Waals surface area contributed by atoms with E-state index in [1.165, 1.54) is 6.07 Å². The van der Waals surface area contributed by atoms with E-state index in [4.69, 9.17) is 4.42 Å². The first kappa shape index (κ1) is 12.6. The first-order chi connectivity index (χ1) is 8.34. The lowest BCUT2D eigenvalue weighted by atomic mass is 10.1. The monoisotopic (exact) mass is 302 g/mol. The van der Waals surface area contributed by atoms with E-state index in [-0.39, 0.29) is 22.4 Å². The Labute approximate surface area is 115 Å². The Kier molecular flexibility index (Phi) is 3.63. The second kappa shape index (κ2) is 5.19. The van der Waals surface area contributed by atoms with Gasteiger partial charge >= 0.3 is 0 Å². The minimum atomic E-state index is -0.00861. The third kappa shape index (κ3) is 2.22. The van der Waals surface area contributed by atoms with Crippen molar-refractivity contribution in [2.45, 2.75) is 0 Å². The maximum absolute atomic E-state index is 11.9. The molecule has 0 amide bonds. The van der Waals surface area contributed by atoms with Crippen LogP contribution in [0.5, 0.6) is 0 Å². The summed E-state index contributed by atoms with van der Waals surface area (Å²) < 4.78 is 5.73. The predicted molar refractivity (Wildman–Crippen MR) is 78.2 cm³/mol. The highest BCUT2D eigenvalue weighted by Gasteiger charge is 2.05. The Hall–Kier alpha value is -1.87. The van der Waals surface area contributed by atoms with Crippen molar-refractivity contribution in [3.05, 3.63) is 70.9 Å². The van der Waals surface area contributed by atoms with Gasteiger partial charge in [0.2, 0.25) is 0 Å². The lowest BCUT2D eigenvalue weighted by Gasteiger charge is -2.02. The summed E-state index contributed by atoms with van der Waals surface area (Å²) in [5.41, 5.74) is 1.53. The summed E-state index contributed by atoms with van der Waals surface area (Å²) in [6.07, 6.45) is 0. The van der Waals surface area contributed by atoms with Gasteiger partial charge in [0, 0.05) is 11.6 Å². The van der Waals surface area contributed by atoms with Crippen LogP contribution in [0.2, 0.25) is 0 Å². The Morgan fingerprint density at radius 2 is 1.50 bits per heavy atom. The van der Waals surface area contributed by atoms with Crippen molar-refractivity contribution < 1.29 is 4.42 Å². The van der Waals surface area contributed by atoms with E-state index in [1.54, 1.807) is 6.07 Å². The zero-order valence-corrected chi connectivity index (χ0v) is 11.2. The average Bonchev–Trinajstić information content (AvgIpc) is 2.40. The molecule has 90 valence electrons. The highest BCUT2D eigenvalue weighted by Crippen LogP contribution is 2.21. The summed E-state index contributed by atoms with van der Waals surface area (Å²) in [5, 5.41) is 0.618. The van der Waals surface area contributed by atoms with E-state index in [0.717, 1.165) is 5.56 Å². The normalized spacial score (nSPS) is 10.0. The van der Waals surface area contributed by atoms with E-state index in [2.05, 4.69) is 0 Å². The van der Waals surface area contributed by atoms with Crippen molar-refractivity contribution in [3.8, 4) is 11.3 Å². The second-order valence-corrected chi connectivity index (χ2v) is 3.84. The second-order valence-electron chi connectivity index (χ2n) is 3.84. The summed E-state index contributed by atoms with van der Waals surface area (Å²) in [4.78, 5) is 11.9. The molecule has 0 unspecified atom stereocenters. The Morgan fingerprint density at radius 1 is 0.833 bits per heavy atom. The average molecular weight is 303 g/mol. The molecule has 1 aromatic heterocycles. The van der Waals surface area contributed by atoms with Crippen LogP contribution in [0.15, 0.2) is 69.9 Å². The van der Waals surface area contributed by atoms with Crippen molar-refractivity contribution in [1.82, 2.24) is 0 Å². The first-order valence-electron chi connectivity index (χ1n) is 5.43. The summed E-state index contributed by atoms with van der Waals surface area (Å²) in [6, 6.07) is 18.4. The molecule has 3 rings (SSSR count). The zero-order valence-electron chi connectivity index (χ0n) is 9.50. The van der Waals surface area contributed by atoms with Crippen LogP contribution in [0.25, 0.3) is 22.3 Å². The Bertz CT molecular complexity index is 717. The molecule has 0 bridgehead atoms. The topological polar surface area (TPSA) is 30.2 Å². The van der Waals surface area contributed by atoms with Crippen LogP contribution in [0.1, 0.15) is 0 Å². The van der Waals surface area contributed by atoms with Crippen molar-refractivity contribution in [2.24, 2.45) is 0 Å². The molecule has 0 N–H and O–H groups in total. The van der Waals surface area contributed by atoms with Gasteiger partial charge < -0.3 is 4.42 Å². The molecule has 0 aliphatic heterocycles. The van der Waals surface area contributed by atoms with Crippen LogP contribution in [0.3, 0.4) is 0 Å². The van der Waals surface area contributed by atoms with E-state index in [9.17, 15) is 4.79 Å². The number of fused-ring (bicyclic) bond motifs is 1. The van der Waals surface area contributed by atoms with Gasteiger partial charge in [-0.15, -0.1) is 17.0 Å². The molecule has 0 saturated carbocycles. The van der Waals surface area contributed by atoms with Gasteiger partial charge in [-0.25, -0.2) is 0 Å². The van der Waals surface area contributed by atoms with E-state index >= 15 is 0 Å². The van der Waals surface area contributed by atoms with Crippen LogP contribution < -0.4 is 5.43 Å². The summed E-state index contributed by atoms with van der Waals surface area (Å²) in [6.45, 7) is 0. The fourth-order valence-corrected chi connectivity index (χ4v) is 1.85. The molecule has 0 aliphatic rings. The van der Waals surface area contributed by atoms with Gasteiger partial charge in [0.05, 0.1) is 5.39 Å². The number of benzene rings is 2. The molecule has 0 radical (unpaired) electrons. The number of rotatable bonds is 1. The molecule has 1 heterocycles. The van der Waals surface area contributed by atoms with Gasteiger partial charge in [-0.1, -0.05) is 42.5 Å². The SMILES string of the molecule is Br.O=c1cc(-c2ccccc2)oc2ccccc12. The highest BCUT2D eigenvalue weighted by atomic mass is 79.9. The van der Waals surface area contributed by atoms with Gasteiger partial charge in [0.1, 0.15) is 11.3 Å². The standard InChI is InChI=1S/C15H10O2.BrH/c16-13-10-15(11-6-2-1-3-7-11)17-14-9-5-4-8-12(13)14;/h1-10H;1H. The van der Waals surface area contributed by atoms with Gasteiger partial charge in [0.25, 0.3) is 0 Å². The summed E-state index contributed by atoms with van der Waals surface area (Å²) in [7, 11) is 0. The summed E-state index contributed by atoms with van der Waals surface area (Å²) >= 11 is 0. The molecule has 0 aliphatic carbocycles. The lowest BCUT2D eigenvalue weighted by Crippen LogP contribution is -1.99. The van der Waals surface area contributed by atoms with Crippen molar-refractivity contribution in [2.75, 3.05) is 0 Å². The molecule has 0 fully saturated rings. The van der Waals surface area contributed by atoms with Crippen LogP contribution in [-0.2, 0) is 0 Å². The Balaban J connectivity index is 0.00000120. The molecule has 3 heteroatoms. The molecular formula is C15H11BrO2. The fraction of sp³-hybridized carbons (Fsp3) is 0. The van der Waals surface area contributed by atoms with Gasteiger partial charge in [-0.05, 0) is 12.1 Å². The maximum atomic E-state index is 11.9. The molecule has 2 nitrogen and oxygen atoms in total. The quantitative estimate of drug-likeness (QED) is 0.679. The third-order valence-electron chi connectivity index (χ3n) is 2.69. The molecular weight excluding hydrogens is 292 g/mol. The van der Waals surface area contributed by atoms with Crippen molar-refractivity contribution in [3.63, 3.8) is 0 Å². The minimum Gasteiger partial charge on any atom is -0.456 e. The van der Waals surface area contributed by atoms with Crippen LogP contribution in [-0.4, -0.2) is 0 Å².